The molecule has 3 nitrogen and oxygen atoms in total. The summed E-state index contributed by atoms with van der Waals surface area (Å²) < 4.78 is 5.80. The van der Waals surface area contributed by atoms with Gasteiger partial charge in [0.25, 0.3) is 0 Å². The van der Waals surface area contributed by atoms with E-state index in [0.717, 1.165) is 30.5 Å². The molecule has 0 radical (unpaired) electrons. The summed E-state index contributed by atoms with van der Waals surface area (Å²) in [6.45, 7) is 9.41. The second kappa shape index (κ2) is 6.76. The first-order chi connectivity index (χ1) is 9.72. The average molecular weight is 280 g/mol. The number of rotatable bonds is 6. The second-order valence-electron chi connectivity index (χ2n) is 7.55. The van der Waals surface area contributed by atoms with Gasteiger partial charge in [-0.15, -0.1) is 0 Å². The fourth-order valence-corrected chi connectivity index (χ4v) is 3.93. The molecule has 3 fully saturated rings. The molecule has 3 aliphatic rings. The Bertz CT molecular complexity index is 297. The highest BCUT2D eigenvalue weighted by atomic mass is 16.5. The Balaban J connectivity index is 1.52. The molecule has 3 unspecified atom stereocenters. The lowest BCUT2D eigenvalue weighted by atomic mass is 9.97. The molecule has 2 heterocycles. The molecule has 1 saturated carbocycles. The molecule has 0 amide bonds. The fraction of sp³-hybridized carbons (Fsp3) is 1.00. The van der Waals surface area contributed by atoms with Crippen LogP contribution in [-0.4, -0.2) is 49.3 Å². The van der Waals surface area contributed by atoms with Gasteiger partial charge < -0.3 is 10.1 Å². The minimum atomic E-state index is 0.545. The van der Waals surface area contributed by atoms with Crippen LogP contribution in [0, 0.1) is 11.8 Å². The first-order valence-corrected chi connectivity index (χ1v) is 8.81. The van der Waals surface area contributed by atoms with Crippen LogP contribution < -0.4 is 5.32 Å². The second-order valence-corrected chi connectivity index (χ2v) is 7.55. The van der Waals surface area contributed by atoms with Crippen LogP contribution in [0.5, 0.6) is 0 Å². The molecule has 0 aromatic rings. The lowest BCUT2D eigenvalue weighted by Gasteiger charge is -2.42. The zero-order valence-corrected chi connectivity index (χ0v) is 13.3. The molecule has 20 heavy (non-hydrogen) atoms. The number of hydrogen-bond acceptors (Lipinski definition) is 3. The maximum Gasteiger partial charge on any atom is 0.0588 e. The zero-order valence-electron chi connectivity index (χ0n) is 13.3. The van der Waals surface area contributed by atoms with Crippen molar-refractivity contribution in [3.8, 4) is 0 Å². The van der Waals surface area contributed by atoms with Crippen molar-refractivity contribution in [1.29, 1.82) is 0 Å². The number of hydrogen-bond donors (Lipinski definition) is 1. The summed E-state index contributed by atoms with van der Waals surface area (Å²) in [7, 11) is 0. The van der Waals surface area contributed by atoms with Crippen molar-refractivity contribution in [3.63, 3.8) is 0 Å². The third-order valence-corrected chi connectivity index (χ3v) is 5.26. The molecular formula is C17H32N2O. The van der Waals surface area contributed by atoms with Gasteiger partial charge in [0.15, 0.2) is 0 Å². The van der Waals surface area contributed by atoms with Crippen molar-refractivity contribution in [1.82, 2.24) is 10.2 Å². The van der Waals surface area contributed by atoms with E-state index in [0.29, 0.717) is 6.10 Å². The van der Waals surface area contributed by atoms with Gasteiger partial charge in [0.05, 0.1) is 6.10 Å². The summed E-state index contributed by atoms with van der Waals surface area (Å²) >= 11 is 0. The highest BCUT2D eigenvalue weighted by molar-refractivity contribution is 4.94. The predicted molar refractivity (Wildman–Crippen MR) is 82.9 cm³/mol. The van der Waals surface area contributed by atoms with E-state index < -0.39 is 0 Å². The molecule has 3 heteroatoms. The van der Waals surface area contributed by atoms with Gasteiger partial charge in [0, 0.05) is 38.3 Å². The number of nitrogens with zero attached hydrogens (tertiary/aromatic N) is 1. The Morgan fingerprint density at radius 3 is 2.75 bits per heavy atom. The zero-order chi connectivity index (χ0) is 13.9. The van der Waals surface area contributed by atoms with Gasteiger partial charge in [-0.1, -0.05) is 13.8 Å². The van der Waals surface area contributed by atoms with Gasteiger partial charge in [0.1, 0.15) is 0 Å². The molecule has 0 aromatic carbocycles. The molecule has 3 rings (SSSR count). The number of nitrogens with one attached hydrogen (secondary N) is 1. The van der Waals surface area contributed by atoms with E-state index >= 15 is 0 Å². The molecule has 2 aliphatic heterocycles. The summed E-state index contributed by atoms with van der Waals surface area (Å²) in [5, 5.41) is 3.82. The van der Waals surface area contributed by atoms with Crippen LogP contribution in [-0.2, 0) is 4.74 Å². The van der Waals surface area contributed by atoms with Gasteiger partial charge in [-0.05, 0) is 50.4 Å². The molecule has 116 valence electrons. The first-order valence-electron chi connectivity index (χ1n) is 8.81. The van der Waals surface area contributed by atoms with Crippen molar-refractivity contribution >= 4 is 0 Å². The highest BCUT2D eigenvalue weighted by Gasteiger charge is 2.37. The van der Waals surface area contributed by atoms with Crippen molar-refractivity contribution in [2.45, 2.75) is 70.6 Å². The normalized spacial score (nSPS) is 35.9. The van der Waals surface area contributed by atoms with E-state index in [1.54, 1.807) is 0 Å². The quantitative estimate of drug-likeness (QED) is 0.809. The van der Waals surface area contributed by atoms with Crippen LogP contribution in [0.25, 0.3) is 0 Å². The molecule has 0 spiro atoms. The summed E-state index contributed by atoms with van der Waals surface area (Å²) in [6.07, 6.45) is 8.57. The molecule has 0 aromatic heterocycles. The van der Waals surface area contributed by atoms with Crippen LogP contribution in [0.4, 0.5) is 0 Å². The van der Waals surface area contributed by atoms with E-state index in [1.165, 1.54) is 58.2 Å². The Morgan fingerprint density at radius 2 is 2.10 bits per heavy atom. The largest absolute Gasteiger partial charge is 0.378 e. The topological polar surface area (TPSA) is 24.5 Å². The van der Waals surface area contributed by atoms with Crippen LogP contribution in [0.1, 0.15) is 52.4 Å². The molecule has 2 saturated heterocycles. The van der Waals surface area contributed by atoms with Crippen LogP contribution in [0.15, 0.2) is 0 Å². The Morgan fingerprint density at radius 1 is 1.25 bits per heavy atom. The molecule has 0 bridgehead atoms. The summed E-state index contributed by atoms with van der Waals surface area (Å²) in [6, 6.07) is 1.51. The molecular weight excluding hydrogens is 248 g/mol. The highest BCUT2D eigenvalue weighted by Crippen LogP contribution is 2.34. The van der Waals surface area contributed by atoms with Gasteiger partial charge in [-0.25, -0.2) is 0 Å². The van der Waals surface area contributed by atoms with E-state index in [2.05, 4.69) is 24.1 Å². The molecule has 3 atom stereocenters. The minimum Gasteiger partial charge on any atom is -0.378 e. The van der Waals surface area contributed by atoms with Crippen molar-refractivity contribution in [2.24, 2.45) is 11.8 Å². The van der Waals surface area contributed by atoms with Gasteiger partial charge in [-0.2, -0.15) is 0 Å². The molecule has 1 N–H and O–H groups in total. The maximum absolute atomic E-state index is 5.80. The number of ether oxygens (including phenoxy) is 1. The van der Waals surface area contributed by atoms with Crippen LogP contribution in [0.2, 0.25) is 0 Å². The maximum atomic E-state index is 5.80. The molecule has 1 aliphatic carbocycles. The Labute approximate surface area is 124 Å². The lowest BCUT2D eigenvalue weighted by molar-refractivity contribution is 0.0632. The summed E-state index contributed by atoms with van der Waals surface area (Å²) in [5.74, 6) is 1.77. The Hall–Kier alpha value is -0.120. The van der Waals surface area contributed by atoms with E-state index in [1.807, 2.05) is 0 Å². The van der Waals surface area contributed by atoms with Gasteiger partial charge in [0.2, 0.25) is 0 Å². The van der Waals surface area contributed by atoms with E-state index in [9.17, 15) is 0 Å². The third kappa shape index (κ3) is 3.96. The Kier molecular flexibility index (Phi) is 5.00. The average Bonchev–Trinajstić information content (AvgIpc) is 3.14. The summed E-state index contributed by atoms with van der Waals surface area (Å²) in [4.78, 5) is 2.78. The smallest absolute Gasteiger partial charge is 0.0588 e. The third-order valence-electron chi connectivity index (χ3n) is 5.26. The van der Waals surface area contributed by atoms with Crippen LogP contribution >= 0.6 is 0 Å². The first kappa shape index (κ1) is 14.8. The fourth-order valence-electron chi connectivity index (χ4n) is 3.93. The number of piperazine rings is 1. The van der Waals surface area contributed by atoms with Crippen molar-refractivity contribution in [2.75, 3.05) is 26.2 Å². The predicted octanol–water partition coefficient (Wildman–Crippen LogP) is 2.65. The summed E-state index contributed by atoms with van der Waals surface area (Å²) in [5.41, 5.74) is 0. The van der Waals surface area contributed by atoms with Gasteiger partial charge >= 0.3 is 0 Å². The van der Waals surface area contributed by atoms with E-state index in [4.69, 9.17) is 4.74 Å². The SMILES string of the molecule is CC(C)CC1CNC(C2CC2)CN1CCC1CCCO1. The minimum absolute atomic E-state index is 0.545. The lowest BCUT2D eigenvalue weighted by Crippen LogP contribution is -2.57. The van der Waals surface area contributed by atoms with Gasteiger partial charge in [-0.3, -0.25) is 4.90 Å². The van der Waals surface area contributed by atoms with E-state index in [-0.39, 0.29) is 0 Å². The van der Waals surface area contributed by atoms with Crippen molar-refractivity contribution in [3.05, 3.63) is 0 Å². The van der Waals surface area contributed by atoms with Crippen LogP contribution in [0.3, 0.4) is 0 Å². The van der Waals surface area contributed by atoms with Crippen molar-refractivity contribution < 1.29 is 4.74 Å². The monoisotopic (exact) mass is 280 g/mol. The standard InChI is InChI=1S/C17H32N2O/c1-13(2)10-15-11-18-17(14-5-6-14)12-19(15)8-7-16-4-3-9-20-16/h13-18H,3-12H2,1-2H3.